The number of anilines is 2. The number of benzene rings is 2. The van der Waals surface area contributed by atoms with Gasteiger partial charge in [0.15, 0.2) is 0 Å². The number of ether oxygens (including phenoxy) is 1. The first-order valence-corrected chi connectivity index (χ1v) is 9.81. The van der Waals surface area contributed by atoms with E-state index in [-0.39, 0.29) is 12.5 Å². The van der Waals surface area contributed by atoms with Crippen molar-refractivity contribution in [2.24, 2.45) is 0 Å². The lowest BCUT2D eigenvalue weighted by atomic mass is 10.2. The first kappa shape index (κ1) is 18.9. The molecular weight excluding hydrogens is 464 g/mol. The molecule has 0 N–H and O–H groups in total. The Hall–Kier alpha value is -1.86. The molecule has 1 fully saturated rings. The van der Waals surface area contributed by atoms with Crippen LogP contribution in [-0.2, 0) is 14.3 Å². The third-order valence-corrected chi connectivity index (χ3v) is 5.30. The molecule has 2 aromatic carbocycles. The van der Waals surface area contributed by atoms with Crippen molar-refractivity contribution in [3.63, 3.8) is 0 Å². The van der Waals surface area contributed by atoms with Gasteiger partial charge in [0.2, 0.25) is 6.17 Å². The highest BCUT2D eigenvalue weighted by atomic mass is 79.9. The Kier molecular flexibility index (Phi) is 5.67. The summed E-state index contributed by atoms with van der Waals surface area (Å²) >= 11 is 6.81. The number of esters is 1. The molecule has 2 unspecified atom stereocenters. The van der Waals surface area contributed by atoms with E-state index in [4.69, 9.17) is 4.74 Å². The number of hydrogen-bond donors (Lipinski definition) is 0. The molecule has 1 saturated heterocycles. The second kappa shape index (κ2) is 7.80. The Labute approximate surface area is 169 Å². The molecule has 7 heteroatoms. The van der Waals surface area contributed by atoms with Gasteiger partial charge in [0, 0.05) is 20.3 Å². The van der Waals surface area contributed by atoms with E-state index in [2.05, 4.69) is 31.9 Å². The maximum atomic E-state index is 13.0. The van der Waals surface area contributed by atoms with E-state index in [0.717, 1.165) is 14.6 Å². The summed E-state index contributed by atoms with van der Waals surface area (Å²) in [5.74, 6) is -0.593. The van der Waals surface area contributed by atoms with E-state index in [1.165, 1.54) is 4.90 Å². The first-order chi connectivity index (χ1) is 12.4. The van der Waals surface area contributed by atoms with Crippen LogP contribution in [0, 0.1) is 0 Å². The van der Waals surface area contributed by atoms with Crippen LogP contribution in [0.3, 0.4) is 0 Å². The first-order valence-electron chi connectivity index (χ1n) is 8.23. The second-order valence-corrected chi connectivity index (χ2v) is 7.70. The molecule has 26 heavy (non-hydrogen) atoms. The minimum atomic E-state index is -0.847. The number of carbonyl (C=O) groups is 2. The lowest BCUT2D eigenvalue weighted by molar-refractivity contribution is -0.144. The fourth-order valence-corrected chi connectivity index (χ4v) is 3.59. The topological polar surface area (TPSA) is 49.9 Å². The highest BCUT2D eigenvalue weighted by Gasteiger charge is 2.49. The van der Waals surface area contributed by atoms with E-state index in [1.807, 2.05) is 48.5 Å². The van der Waals surface area contributed by atoms with Gasteiger partial charge < -0.3 is 9.64 Å². The van der Waals surface area contributed by atoms with Gasteiger partial charge in [-0.25, -0.2) is 4.79 Å². The SMILES string of the molecule is CCOC(=O)C1N(c2ccc(Br)cc2)C(=O)C(C)N1c1ccc(Br)cc1. The summed E-state index contributed by atoms with van der Waals surface area (Å²) in [7, 11) is 0. The third kappa shape index (κ3) is 3.50. The lowest BCUT2D eigenvalue weighted by Crippen LogP contribution is -2.47. The van der Waals surface area contributed by atoms with Crippen molar-refractivity contribution in [3.8, 4) is 0 Å². The molecule has 0 radical (unpaired) electrons. The Bertz CT molecular complexity index is 809. The summed E-state index contributed by atoms with van der Waals surface area (Å²) in [5.41, 5.74) is 1.44. The predicted molar refractivity (Wildman–Crippen MR) is 108 cm³/mol. The summed E-state index contributed by atoms with van der Waals surface area (Å²) in [6.07, 6.45) is -0.847. The van der Waals surface area contributed by atoms with E-state index >= 15 is 0 Å². The van der Waals surface area contributed by atoms with Gasteiger partial charge >= 0.3 is 5.97 Å². The van der Waals surface area contributed by atoms with Crippen LogP contribution >= 0.6 is 31.9 Å². The fourth-order valence-electron chi connectivity index (χ4n) is 3.06. The molecule has 0 saturated carbocycles. The highest BCUT2D eigenvalue weighted by molar-refractivity contribution is 9.10. The van der Waals surface area contributed by atoms with E-state index < -0.39 is 18.2 Å². The largest absolute Gasteiger partial charge is 0.463 e. The second-order valence-electron chi connectivity index (χ2n) is 5.87. The van der Waals surface area contributed by atoms with Crippen LogP contribution in [0.4, 0.5) is 11.4 Å². The molecule has 1 amide bonds. The molecule has 1 aliphatic heterocycles. The van der Waals surface area contributed by atoms with Gasteiger partial charge in [0.25, 0.3) is 5.91 Å². The lowest BCUT2D eigenvalue weighted by Gasteiger charge is -2.30. The number of rotatable bonds is 4. The van der Waals surface area contributed by atoms with Crippen molar-refractivity contribution >= 4 is 55.1 Å². The van der Waals surface area contributed by atoms with Crippen LogP contribution in [0.5, 0.6) is 0 Å². The minimum absolute atomic E-state index is 0.145. The Balaban J connectivity index is 2.08. The molecule has 0 aromatic heterocycles. The van der Waals surface area contributed by atoms with E-state index in [9.17, 15) is 9.59 Å². The summed E-state index contributed by atoms with van der Waals surface area (Å²) in [5, 5.41) is 0. The average Bonchev–Trinajstić information content (AvgIpc) is 2.88. The van der Waals surface area contributed by atoms with E-state index in [1.54, 1.807) is 18.7 Å². The molecule has 0 aliphatic carbocycles. The van der Waals surface area contributed by atoms with Gasteiger partial charge in [0.1, 0.15) is 6.04 Å². The number of halogens is 2. The third-order valence-electron chi connectivity index (χ3n) is 4.25. The van der Waals surface area contributed by atoms with Crippen LogP contribution in [0.15, 0.2) is 57.5 Å². The van der Waals surface area contributed by atoms with Crippen LogP contribution in [0.2, 0.25) is 0 Å². The molecule has 5 nitrogen and oxygen atoms in total. The Morgan fingerprint density at radius 1 is 1.00 bits per heavy atom. The molecule has 0 spiro atoms. The van der Waals surface area contributed by atoms with Crippen LogP contribution in [0.1, 0.15) is 13.8 Å². The van der Waals surface area contributed by atoms with Gasteiger partial charge in [-0.15, -0.1) is 0 Å². The average molecular weight is 482 g/mol. The zero-order valence-electron chi connectivity index (χ0n) is 14.4. The standard InChI is InChI=1S/C19H18Br2N2O3/c1-3-26-19(25)17-22(15-8-4-13(20)5-9-15)12(2)18(24)23(17)16-10-6-14(21)7-11-16/h4-12,17H,3H2,1-2H3. The molecule has 136 valence electrons. The van der Waals surface area contributed by atoms with Gasteiger partial charge in [-0.1, -0.05) is 31.9 Å². The van der Waals surface area contributed by atoms with Gasteiger partial charge in [-0.3, -0.25) is 9.69 Å². The van der Waals surface area contributed by atoms with Crippen molar-refractivity contribution in [2.75, 3.05) is 16.4 Å². The number of nitrogens with zero attached hydrogens (tertiary/aromatic N) is 2. The summed E-state index contributed by atoms with van der Waals surface area (Å²) in [4.78, 5) is 29.1. The van der Waals surface area contributed by atoms with Gasteiger partial charge in [-0.2, -0.15) is 0 Å². The zero-order chi connectivity index (χ0) is 18.8. The van der Waals surface area contributed by atoms with Crippen LogP contribution < -0.4 is 9.80 Å². The van der Waals surface area contributed by atoms with Crippen molar-refractivity contribution in [1.29, 1.82) is 0 Å². The predicted octanol–water partition coefficient (Wildman–Crippen LogP) is 4.34. The number of carbonyl (C=O) groups excluding carboxylic acids is 2. The number of hydrogen-bond acceptors (Lipinski definition) is 4. The molecule has 2 aromatic rings. The molecule has 0 bridgehead atoms. The smallest absolute Gasteiger partial charge is 0.350 e. The molecule has 1 heterocycles. The zero-order valence-corrected chi connectivity index (χ0v) is 17.5. The maximum Gasteiger partial charge on any atom is 0.350 e. The van der Waals surface area contributed by atoms with E-state index in [0.29, 0.717) is 5.69 Å². The summed E-state index contributed by atoms with van der Waals surface area (Å²) < 4.78 is 7.11. The van der Waals surface area contributed by atoms with Crippen molar-refractivity contribution < 1.29 is 14.3 Å². The maximum absolute atomic E-state index is 13.0. The number of amides is 1. The Morgan fingerprint density at radius 3 is 2.00 bits per heavy atom. The normalized spacial score (nSPS) is 19.8. The molecule has 1 aliphatic rings. The molecule has 3 rings (SSSR count). The van der Waals surface area contributed by atoms with Crippen molar-refractivity contribution in [1.82, 2.24) is 0 Å². The fraction of sp³-hybridized carbons (Fsp3) is 0.263. The van der Waals surface area contributed by atoms with Crippen LogP contribution in [0.25, 0.3) is 0 Å². The summed E-state index contributed by atoms with van der Waals surface area (Å²) in [6, 6.07) is 14.4. The van der Waals surface area contributed by atoms with Gasteiger partial charge in [0.05, 0.1) is 6.61 Å². The summed E-state index contributed by atoms with van der Waals surface area (Å²) in [6.45, 7) is 3.81. The Morgan fingerprint density at radius 2 is 1.50 bits per heavy atom. The van der Waals surface area contributed by atoms with Crippen molar-refractivity contribution in [2.45, 2.75) is 26.1 Å². The monoisotopic (exact) mass is 480 g/mol. The highest BCUT2D eigenvalue weighted by Crippen LogP contribution is 2.34. The quantitative estimate of drug-likeness (QED) is 0.609. The van der Waals surface area contributed by atoms with Crippen LogP contribution in [-0.4, -0.2) is 30.7 Å². The molecular formula is C19H18Br2N2O3. The molecule has 2 atom stereocenters. The van der Waals surface area contributed by atoms with Crippen molar-refractivity contribution in [3.05, 3.63) is 57.5 Å². The van der Waals surface area contributed by atoms with Gasteiger partial charge in [-0.05, 0) is 62.4 Å². The minimum Gasteiger partial charge on any atom is -0.463 e.